The molecule has 0 aliphatic rings. The third-order valence-corrected chi connectivity index (χ3v) is 1.68. The van der Waals surface area contributed by atoms with Crippen molar-refractivity contribution in [3.8, 4) is 0 Å². The van der Waals surface area contributed by atoms with E-state index in [2.05, 4.69) is 13.2 Å². The van der Waals surface area contributed by atoms with E-state index >= 15 is 0 Å². The Labute approximate surface area is 90.5 Å². The highest BCUT2D eigenvalue weighted by Gasteiger charge is 2.15. The van der Waals surface area contributed by atoms with Gasteiger partial charge in [-0.15, -0.1) is 6.58 Å². The predicted molar refractivity (Wildman–Crippen MR) is 57.3 cm³/mol. The topological polar surface area (TPSA) is 44.8 Å². The molecule has 0 saturated carbocycles. The molecule has 4 nitrogen and oxygen atoms in total. The normalized spacial score (nSPS) is 11.9. The van der Waals surface area contributed by atoms with Crippen molar-refractivity contribution in [2.45, 2.75) is 20.0 Å². The summed E-state index contributed by atoms with van der Waals surface area (Å²) in [6.45, 7) is 11.4. The molecule has 0 spiro atoms. The summed E-state index contributed by atoms with van der Waals surface area (Å²) >= 11 is 0. The Bertz CT molecular complexity index is 223. The number of rotatable bonds is 8. The summed E-state index contributed by atoms with van der Waals surface area (Å²) in [7, 11) is 0. The van der Waals surface area contributed by atoms with E-state index in [-0.39, 0.29) is 12.9 Å². The lowest BCUT2D eigenvalue weighted by Crippen LogP contribution is -2.20. The molecule has 1 atom stereocenters. The van der Waals surface area contributed by atoms with Crippen LogP contribution < -0.4 is 0 Å². The largest absolute Gasteiger partial charge is 0.435 e. The molecule has 0 aromatic heterocycles. The lowest BCUT2D eigenvalue weighted by atomic mass is 10.2. The van der Waals surface area contributed by atoms with Gasteiger partial charge in [0.25, 0.3) is 0 Å². The van der Waals surface area contributed by atoms with E-state index in [0.29, 0.717) is 18.8 Å². The van der Waals surface area contributed by atoms with Crippen LogP contribution in [0.25, 0.3) is 0 Å². The molecule has 1 unspecified atom stereocenters. The van der Waals surface area contributed by atoms with Gasteiger partial charge < -0.3 is 14.2 Å². The molecule has 0 N–H and O–H groups in total. The molecule has 0 saturated heterocycles. The molecule has 0 aromatic rings. The molecule has 86 valence electrons. The van der Waals surface area contributed by atoms with Crippen LogP contribution in [-0.2, 0) is 19.0 Å². The summed E-state index contributed by atoms with van der Waals surface area (Å²) in [6, 6.07) is 0. The van der Waals surface area contributed by atoms with E-state index < -0.39 is 5.97 Å². The molecule has 0 heterocycles. The summed E-state index contributed by atoms with van der Waals surface area (Å²) in [5.74, 6) is -0.500. The average Bonchev–Trinajstić information content (AvgIpc) is 2.23. The highest BCUT2D eigenvalue weighted by Crippen LogP contribution is 2.05. The van der Waals surface area contributed by atoms with Gasteiger partial charge in [-0.1, -0.05) is 12.7 Å². The fourth-order valence-electron chi connectivity index (χ4n) is 0.836. The second-order valence-electron chi connectivity index (χ2n) is 2.83. The van der Waals surface area contributed by atoms with Crippen LogP contribution in [0.2, 0.25) is 0 Å². The van der Waals surface area contributed by atoms with E-state index in [9.17, 15) is 4.79 Å². The molecule has 0 radical (unpaired) electrons. The molecule has 0 aliphatic heterocycles. The molecule has 0 amide bonds. The fourth-order valence-corrected chi connectivity index (χ4v) is 0.836. The van der Waals surface area contributed by atoms with Crippen LogP contribution in [0.3, 0.4) is 0 Å². The minimum atomic E-state index is -0.500. The second-order valence-corrected chi connectivity index (χ2v) is 2.83. The first-order valence-corrected chi connectivity index (χ1v) is 4.79. The SMILES string of the molecule is C=CCOCOC(=O)C(=C)C(C)OCC. The summed E-state index contributed by atoms with van der Waals surface area (Å²) in [6.07, 6.45) is 1.24. The Balaban J connectivity index is 3.78. The zero-order valence-electron chi connectivity index (χ0n) is 9.32. The number of esters is 1. The zero-order valence-corrected chi connectivity index (χ0v) is 9.32. The number of carbonyl (C=O) groups is 1. The van der Waals surface area contributed by atoms with Crippen LogP contribution >= 0.6 is 0 Å². The first kappa shape index (κ1) is 13.9. The summed E-state index contributed by atoms with van der Waals surface area (Å²) < 4.78 is 14.9. The van der Waals surface area contributed by atoms with E-state index in [4.69, 9.17) is 14.2 Å². The van der Waals surface area contributed by atoms with Gasteiger partial charge in [-0.05, 0) is 13.8 Å². The van der Waals surface area contributed by atoms with Crippen molar-refractivity contribution in [1.82, 2.24) is 0 Å². The molecule has 0 aromatic carbocycles. The maximum Gasteiger partial charge on any atom is 0.338 e. The van der Waals surface area contributed by atoms with Gasteiger partial charge in [0.15, 0.2) is 6.79 Å². The molecular formula is C11H18O4. The maximum atomic E-state index is 11.3. The number of ether oxygens (including phenoxy) is 3. The molecule has 15 heavy (non-hydrogen) atoms. The summed E-state index contributed by atoms with van der Waals surface area (Å²) in [4.78, 5) is 11.3. The lowest BCUT2D eigenvalue weighted by molar-refractivity contribution is -0.151. The van der Waals surface area contributed by atoms with Crippen LogP contribution in [0.1, 0.15) is 13.8 Å². The van der Waals surface area contributed by atoms with Crippen LogP contribution in [0.15, 0.2) is 24.8 Å². The van der Waals surface area contributed by atoms with E-state index in [0.717, 1.165) is 0 Å². The Morgan fingerprint density at radius 1 is 1.53 bits per heavy atom. The summed E-state index contributed by atoms with van der Waals surface area (Å²) in [5, 5.41) is 0. The number of carbonyl (C=O) groups excluding carboxylic acids is 1. The first-order valence-electron chi connectivity index (χ1n) is 4.79. The van der Waals surface area contributed by atoms with Crippen molar-refractivity contribution in [2.24, 2.45) is 0 Å². The van der Waals surface area contributed by atoms with Gasteiger partial charge in [0.05, 0.1) is 18.3 Å². The molecule has 0 bridgehead atoms. The van der Waals surface area contributed by atoms with Crippen molar-refractivity contribution in [1.29, 1.82) is 0 Å². The first-order chi connectivity index (χ1) is 7.13. The smallest absolute Gasteiger partial charge is 0.338 e. The predicted octanol–water partition coefficient (Wildman–Crippen LogP) is 1.67. The van der Waals surface area contributed by atoms with Crippen molar-refractivity contribution in [3.05, 3.63) is 24.8 Å². The minimum Gasteiger partial charge on any atom is -0.435 e. The monoisotopic (exact) mass is 214 g/mol. The van der Waals surface area contributed by atoms with Crippen LogP contribution in [0, 0.1) is 0 Å². The van der Waals surface area contributed by atoms with Gasteiger partial charge in [-0.2, -0.15) is 0 Å². The van der Waals surface area contributed by atoms with Gasteiger partial charge in [-0.3, -0.25) is 0 Å². The zero-order chi connectivity index (χ0) is 11.7. The molecule has 0 fully saturated rings. The Morgan fingerprint density at radius 2 is 2.20 bits per heavy atom. The van der Waals surface area contributed by atoms with E-state index in [1.807, 2.05) is 6.92 Å². The number of hydrogen-bond acceptors (Lipinski definition) is 4. The van der Waals surface area contributed by atoms with E-state index in [1.165, 1.54) is 0 Å². The van der Waals surface area contributed by atoms with Crippen molar-refractivity contribution < 1.29 is 19.0 Å². The Morgan fingerprint density at radius 3 is 2.73 bits per heavy atom. The fraction of sp³-hybridized carbons (Fsp3) is 0.545. The Hall–Kier alpha value is -1.13. The minimum absolute atomic E-state index is 0.0945. The van der Waals surface area contributed by atoms with Gasteiger partial charge >= 0.3 is 5.97 Å². The van der Waals surface area contributed by atoms with Crippen LogP contribution in [-0.4, -0.2) is 32.1 Å². The third-order valence-electron chi connectivity index (χ3n) is 1.68. The number of hydrogen-bond donors (Lipinski definition) is 0. The average molecular weight is 214 g/mol. The molecular weight excluding hydrogens is 196 g/mol. The van der Waals surface area contributed by atoms with Gasteiger partial charge in [0.2, 0.25) is 0 Å². The van der Waals surface area contributed by atoms with Gasteiger partial charge in [0.1, 0.15) is 0 Å². The molecule has 0 rings (SSSR count). The van der Waals surface area contributed by atoms with Crippen LogP contribution in [0.5, 0.6) is 0 Å². The van der Waals surface area contributed by atoms with Crippen molar-refractivity contribution in [2.75, 3.05) is 20.0 Å². The maximum absolute atomic E-state index is 11.3. The highest BCUT2D eigenvalue weighted by atomic mass is 16.7. The quantitative estimate of drug-likeness (QED) is 0.203. The third kappa shape index (κ3) is 6.04. The van der Waals surface area contributed by atoms with Crippen molar-refractivity contribution >= 4 is 5.97 Å². The molecule has 4 heteroatoms. The van der Waals surface area contributed by atoms with E-state index in [1.54, 1.807) is 13.0 Å². The standard InChI is InChI=1S/C11H18O4/c1-5-7-13-8-15-11(12)9(3)10(4)14-6-2/h5,10H,1,3,6-8H2,2,4H3. The van der Waals surface area contributed by atoms with Crippen LogP contribution in [0.4, 0.5) is 0 Å². The Kier molecular flexibility index (Phi) is 7.58. The highest BCUT2D eigenvalue weighted by molar-refractivity contribution is 5.88. The van der Waals surface area contributed by atoms with Crippen molar-refractivity contribution in [3.63, 3.8) is 0 Å². The van der Waals surface area contributed by atoms with Gasteiger partial charge in [0, 0.05) is 6.61 Å². The summed E-state index contributed by atoms with van der Waals surface area (Å²) in [5.41, 5.74) is 0.291. The molecule has 0 aliphatic carbocycles. The second kappa shape index (κ2) is 8.20. The van der Waals surface area contributed by atoms with Gasteiger partial charge in [-0.25, -0.2) is 4.79 Å². The lowest BCUT2D eigenvalue weighted by Gasteiger charge is -2.13.